The highest BCUT2D eigenvalue weighted by molar-refractivity contribution is 5.99. The van der Waals surface area contributed by atoms with Gasteiger partial charge in [0, 0.05) is 25.1 Å². The maximum absolute atomic E-state index is 12.6. The molecule has 2 fully saturated rings. The van der Waals surface area contributed by atoms with Crippen molar-refractivity contribution in [1.82, 2.24) is 15.3 Å². The van der Waals surface area contributed by atoms with Crippen LogP contribution in [0, 0.1) is 0 Å². The molecule has 1 aliphatic carbocycles. The zero-order valence-corrected chi connectivity index (χ0v) is 12.6. The topological polar surface area (TPSA) is 69.7 Å². The van der Waals surface area contributed by atoms with Crippen LogP contribution in [0.1, 0.15) is 38.5 Å². The number of hydrazine groups is 1. The van der Waals surface area contributed by atoms with Crippen LogP contribution in [0.5, 0.6) is 0 Å². The summed E-state index contributed by atoms with van der Waals surface area (Å²) in [6, 6.07) is -0.615. The number of nitrogens with one attached hydrogen (secondary N) is 1. The summed E-state index contributed by atoms with van der Waals surface area (Å²) in [5.41, 5.74) is 0.602. The Kier molecular flexibility index (Phi) is 4.27. The molecule has 0 aromatic heterocycles. The van der Waals surface area contributed by atoms with E-state index in [0.717, 1.165) is 25.7 Å². The summed E-state index contributed by atoms with van der Waals surface area (Å²) >= 11 is 0. The zero-order chi connectivity index (χ0) is 15.5. The molecule has 1 N–H and O–H groups in total. The Morgan fingerprint density at radius 3 is 2.64 bits per heavy atom. The summed E-state index contributed by atoms with van der Waals surface area (Å²) in [7, 11) is 0. The van der Waals surface area contributed by atoms with Crippen molar-refractivity contribution in [3.8, 4) is 0 Å². The van der Waals surface area contributed by atoms with Crippen molar-refractivity contribution in [3.05, 3.63) is 23.8 Å². The molecule has 22 heavy (non-hydrogen) atoms. The molecule has 0 aromatic rings. The third-order valence-corrected chi connectivity index (χ3v) is 4.33. The Morgan fingerprint density at radius 1 is 1.14 bits per heavy atom. The van der Waals surface area contributed by atoms with Gasteiger partial charge in [0.25, 0.3) is 11.8 Å². The van der Waals surface area contributed by atoms with E-state index in [2.05, 4.69) is 5.32 Å². The Balaban J connectivity index is 1.72. The molecule has 0 saturated carbocycles. The summed E-state index contributed by atoms with van der Waals surface area (Å²) in [5, 5.41) is 5.88. The second-order valence-electron chi connectivity index (χ2n) is 5.89. The highest BCUT2D eigenvalue weighted by atomic mass is 16.2. The molecule has 2 saturated heterocycles. The van der Waals surface area contributed by atoms with Gasteiger partial charge in [-0.3, -0.25) is 19.4 Å². The lowest BCUT2D eigenvalue weighted by atomic mass is 10.1. The predicted molar refractivity (Wildman–Crippen MR) is 80.3 cm³/mol. The smallest absolute Gasteiger partial charge is 0.263 e. The number of nitrogens with zero attached hydrogens (tertiary/aromatic N) is 2. The summed E-state index contributed by atoms with van der Waals surface area (Å²) < 4.78 is 0. The number of allylic oxidation sites excluding steroid dienone is 2. The van der Waals surface area contributed by atoms with Gasteiger partial charge >= 0.3 is 0 Å². The van der Waals surface area contributed by atoms with E-state index in [1.807, 2.05) is 12.2 Å². The molecule has 1 unspecified atom stereocenters. The lowest BCUT2D eigenvalue weighted by Crippen LogP contribution is -2.56. The molecular weight excluding hydrogens is 282 g/mol. The van der Waals surface area contributed by atoms with E-state index in [9.17, 15) is 14.4 Å². The Labute approximate surface area is 129 Å². The van der Waals surface area contributed by atoms with Gasteiger partial charge < -0.3 is 5.32 Å². The van der Waals surface area contributed by atoms with Gasteiger partial charge in [-0.1, -0.05) is 18.2 Å². The average molecular weight is 303 g/mol. The van der Waals surface area contributed by atoms with Crippen molar-refractivity contribution in [2.45, 2.75) is 44.6 Å². The molecule has 3 amide bonds. The fourth-order valence-corrected chi connectivity index (χ4v) is 3.11. The second kappa shape index (κ2) is 6.34. The summed E-state index contributed by atoms with van der Waals surface area (Å²) in [5.74, 6) is -0.423. The lowest BCUT2D eigenvalue weighted by molar-refractivity contribution is -0.165. The van der Waals surface area contributed by atoms with Gasteiger partial charge in [-0.15, -0.1) is 0 Å². The van der Waals surface area contributed by atoms with Crippen molar-refractivity contribution in [2.24, 2.45) is 0 Å². The van der Waals surface area contributed by atoms with E-state index >= 15 is 0 Å². The van der Waals surface area contributed by atoms with E-state index in [-0.39, 0.29) is 17.7 Å². The van der Waals surface area contributed by atoms with Crippen LogP contribution in [0.2, 0.25) is 0 Å². The number of carbonyl (C=O) groups is 3. The number of amides is 3. The number of rotatable bonds is 2. The molecule has 6 nitrogen and oxygen atoms in total. The van der Waals surface area contributed by atoms with Crippen molar-refractivity contribution < 1.29 is 14.4 Å². The fraction of sp³-hybridized carbons (Fsp3) is 0.562. The van der Waals surface area contributed by atoms with E-state index in [4.69, 9.17) is 0 Å². The van der Waals surface area contributed by atoms with Gasteiger partial charge in [0.15, 0.2) is 0 Å². The number of hydrogen-bond donors (Lipinski definition) is 1. The largest absolute Gasteiger partial charge is 0.340 e. The van der Waals surface area contributed by atoms with Crippen LogP contribution in [-0.2, 0) is 14.4 Å². The second-order valence-corrected chi connectivity index (χ2v) is 5.89. The number of carbonyl (C=O) groups excluding carboxylic acids is 3. The van der Waals surface area contributed by atoms with Gasteiger partial charge in [-0.25, -0.2) is 5.01 Å². The van der Waals surface area contributed by atoms with E-state index in [1.165, 1.54) is 5.01 Å². The predicted octanol–water partition coefficient (Wildman–Crippen LogP) is 0.907. The fourth-order valence-electron chi connectivity index (χ4n) is 3.11. The normalized spacial score (nSPS) is 25.5. The van der Waals surface area contributed by atoms with Crippen molar-refractivity contribution >= 4 is 17.7 Å². The van der Waals surface area contributed by atoms with Crippen LogP contribution in [0.15, 0.2) is 23.8 Å². The molecule has 3 rings (SSSR count). The van der Waals surface area contributed by atoms with Crippen LogP contribution in [0.4, 0.5) is 0 Å². The summed E-state index contributed by atoms with van der Waals surface area (Å²) in [4.78, 5) is 37.0. The SMILES string of the molecule is O=C(NC1CCC(=O)N2CCCCN2C1=O)C1=CCCC=C1. The molecule has 1 atom stereocenters. The zero-order valence-electron chi connectivity index (χ0n) is 12.6. The van der Waals surface area contributed by atoms with Gasteiger partial charge in [0.05, 0.1) is 0 Å². The summed E-state index contributed by atoms with van der Waals surface area (Å²) in [6.07, 6.45) is 9.89. The first-order valence-electron chi connectivity index (χ1n) is 7.96. The third kappa shape index (κ3) is 2.91. The van der Waals surface area contributed by atoms with Gasteiger partial charge in [0.1, 0.15) is 6.04 Å². The molecule has 0 radical (unpaired) electrons. The Hall–Kier alpha value is -2.11. The van der Waals surface area contributed by atoms with Crippen LogP contribution < -0.4 is 5.32 Å². The summed E-state index contributed by atoms with van der Waals surface area (Å²) in [6.45, 7) is 1.15. The van der Waals surface area contributed by atoms with Gasteiger partial charge in [0.2, 0.25) is 5.91 Å². The minimum atomic E-state index is -0.615. The molecule has 0 aromatic carbocycles. The van der Waals surface area contributed by atoms with E-state index in [1.54, 1.807) is 11.1 Å². The molecule has 0 spiro atoms. The first-order chi connectivity index (χ1) is 10.7. The molecule has 2 aliphatic heterocycles. The maximum atomic E-state index is 12.6. The first kappa shape index (κ1) is 14.8. The van der Waals surface area contributed by atoms with Crippen molar-refractivity contribution in [2.75, 3.05) is 13.1 Å². The monoisotopic (exact) mass is 303 g/mol. The minimum absolute atomic E-state index is 0.0263. The number of hydrogen-bond acceptors (Lipinski definition) is 3. The Morgan fingerprint density at radius 2 is 1.91 bits per heavy atom. The molecule has 2 heterocycles. The van der Waals surface area contributed by atoms with E-state index in [0.29, 0.717) is 31.5 Å². The average Bonchev–Trinajstić information content (AvgIpc) is 2.68. The van der Waals surface area contributed by atoms with E-state index < -0.39 is 6.04 Å². The first-order valence-corrected chi connectivity index (χ1v) is 7.96. The maximum Gasteiger partial charge on any atom is 0.263 e. The lowest BCUT2D eigenvalue weighted by Gasteiger charge is -2.38. The molecule has 6 heteroatoms. The third-order valence-electron chi connectivity index (χ3n) is 4.33. The molecule has 118 valence electrons. The Bertz CT molecular complexity index is 553. The highest BCUT2D eigenvalue weighted by Crippen LogP contribution is 2.20. The van der Waals surface area contributed by atoms with Crippen molar-refractivity contribution in [3.63, 3.8) is 0 Å². The minimum Gasteiger partial charge on any atom is -0.340 e. The van der Waals surface area contributed by atoms with Gasteiger partial charge in [-0.2, -0.15) is 0 Å². The molecular formula is C16H21N3O3. The quantitative estimate of drug-likeness (QED) is 0.824. The van der Waals surface area contributed by atoms with Crippen LogP contribution in [0.25, 0.3) is 0 Å². The standard InChI is InChI=1S/C16H21N3O3/c20-14-9-8-13(16(22)19-11-5-4-10-18(14)19)17-15(21)12-6-2-1-3-7-12/h2,6-7,13H,1,3-5,8-11H2,(H,17,21). The van der Waals surface area contributed by atoms with Crippen LogP contribution in [-0.4, -0.2) is 46.9 Å². The van der Waals surface area contributed by atoms with Gasteiger partial charge in [-0.05, 0) is 32.1 Å². The molecule has 0 bridgehead atoms. The van der Waals surface area contributed by atoms with Crippen LogP contribution in [0.3, 0.4) is 0 Å². The number of fused-ring (bicyclic) bond motifs is 1. The highest BCUT2D eigenvalue weighted by Gasteiger charge is 2.37. The van der Waals surface area contributed by atoms with Crippen LogP contribution >= 0.6 is 0 Å². The molecule has 3 aliphatic rings. The van der Waals surface area contributed by atoms with Crippen molar-refractivity contribution in [1.29, 1.82) is 0 Å².